The highest BCUT2D eigenvalue weighted by molar-refractivity contribution is 5.94. The molecule has 9 nitrogen and oxygen atoms in total. The van der Waals surface area contributed by atoms with Crippen LogP contribution in [0, 0.1) is 6.92 Å². The summed E-state index contributed by atoms with van der Waals surface area (Å²) in [4.78, 5) is 25.4. The summed E-state index contributed by atoms with van der Waals surface area (Å²) in [6.45, 7) is 5.42. The molecule has 0 unspecified atom stereocenters. The number of amides is 1. The highest BCUT2D eigenvalue weighted by Crippen LogP contribution is 2.33. The number of hydrogen-bond donors (Lipinski definition) is 1. The first-order chi connectivity index (χ1) is 15.0. The fourth-order valence-electron chi connectivity index (χ4n) is 3.71. The van der Waals surface area contributed by atoms with E-state index in [4.69, 9.17) is 19.1 Å². The minimum Gasteiger partial charge on any atom is -0.475 e. The van der Waals surface area contributed by atoms with E-state index in [1.807, 2.05) is 37.2 Å². The lowest BCUT2D eigenvalue weighted by molar-refractivity contribution is -0.192. The second-order valence-electron chi connectivity index (χ2n) is 7.92. The summed E-state index contributed by atoms with van der Waals surface area (Å²) < 4.78 is 45.1. The van der Waals surface area contributed by atoms with Gasteiger partial charge in [-0.05, 0) is 31.9 Å². The number of carbonyl (C=O) groups excluding carboxylic acids is 1. The van der Waals surface area contributed by atoms with E-state index >= 15 is 0 Å². The number of hydrogen-bond acceptors (Lipinski definition) is 6. The maximum atomic E-state index is 12.3. The smallest absolute Gasteiger partial charge is 0.475 e. The van der Waals surface area contributed by atoms with Gasteiger partial charge in [-0.2, -0.15) is 18.3 Å². The number of carboxylic acid groups (broad SMARTS) is 1. The fourth-order valence-corrected chi connectivity index (χ4v) is 3.71. The third-order valence-electron chi connectivity index (χ3n) is 5.44. The number of nitrogens with zero attached hydrogens (tertiary/aromatic N) is 4. The molecule has 0 aliphatic carbocycles. The van der Waals surface area contributed by atoms with E-state index in [9.17, 15) is 18.0 Å². The first kappa shape index (κ1) is 23.8. The van der Waals surface area contributed by atoms with Gasteiger partial charge in [0, 0.05) is 26.3 Å². The average molecular weight is 458 g/mol. The van der Waals surface area contributed by atoms with Gasteiger partial charge in [0.1, 0.15) is 18.1 Å². The van der Waals surface area contributed by atoms with Gasteiger partial charge < -0.3 is 19.2 Å². The second-order valence-corrected chi connectivity index (χ2v) is 7.92. The standard InChI is InChI=1S/C18H24N4O3.C2HF3O2/c1-14-3-4-16(25-14)11-21-7-5-18(6-8-21)13-22(17(23)12-24-18)15-9-19-20(2)10-15;3-2(4,5)1(6)7/h3-4,9-10H,5-8,11-13H2,1-2H3;(H,6,7). The molecule has 32 heavy (non-hydrogen) atoms. The summed E-state index contributed by atoms with van der Waals surface area (Å²) in [7, 11) is 1.86. The summed E-state index contributed by atoms with van der Waals surface area (Å²) in [5, 5.41) is 11.3. The number of aryl methyl sites for hydroxylation is 2. The summed E-state index contributed by atoms with van der Waals surface area (Å²) in [6, 6.07) is 4.04. The van der Waals surface area contributed by atoms with Crippen LogP contribution < -0.4 is 4.90 Å². The Morgan fingerprint density at radius 1 is 1.28 bits per heavy atom. The number of carbonyl (C=O) groups is 2. The maximum Gasteiger partial charge on any atom is 0.490 e. The van der Waals surface area contributed by atoms with Crippen LogP contribution in [-0.4, -0.2) is 69.7 Å². The Morgan fingerprint density at radius 2 is 1.94 bits per heavy atom. The number of likely N-dealkylation sites (tertiary alicyclic amines) is 1. The predicted molar refractivity (Wildman–Crippen MR) is 106 cm³/mol. The van der Waals surface area contributed by atoms with E-state index in [0.717, 1.165) is 49.7 Å². The second kappa shape index (κ2) is 9.33. The zero-order chi connectivity index (χ0) is 23.5. The molecule has 2 saturated heterocycles. The molecule has 1 spiro atoms. The van der Waals surface area contributed by atoms with E-state index in [1.165, 1.54) is 0 Å². The first-order valence-corrected chi connectivity index (χ1v) is 9.98. The Bertz CT molecular complexity index is 947. The highest BCUT2D eigenvalue weighted by atomic mass is 19.4. The minimum absolute atomic E-state index is 0.00659. The molecule has 4 heterocycles. The molecule has 2 aromatic rings. The number of piperidine rings is 1. The monoisotopic (exact) mass is 458 g/mol. The molecule has 2 fully saturated rings. The van der Waals surface area contributed by atoms with Gasteiger partial charge in [0.2, 0.25) is 0 Å². The first-order valence-electron chi connectivity index (χ1n) is 9.98. The molecular weight excluding hydrogens is 433 g/mol. The summed E-state index contributed by atoms with van der Waals surface area (Å²) in [6.07, 6.45) is 0.365. The van der Waals surface area contributed by atoms with Gasteiger partial charge in [0.15, 0.2) is 0 Å². The van der Waals surface area contributed by atoms with Gasteiger partial charge in [-0.25, -0.2) is 4.79 Å². The number of alkyl halides is 3. The SMILES string of the molecule is Cc1ccc(CN2CCC3(CC2)CN(c2cnn(C)c2)C(=O)CO3)o1.O=C(O)C(F)(F)F. The van der Waals surface area contributed by atoms with Crippen molar-refractivity contribution in [2.24, 2.45) is 7.05 Å². The Kier molecular flexibility index (Phi) is 6.94. The van der Waals surface area contributed by atoms with Crippen LogP contribution in [0.3, 0.4) is 0 Å². The molecule has 1 N–H and O–H groups in total. The van der Waals surface area contributed by atoms with Crippen molar-refractivity contribution in [2.75, 3.05) is 31.1 Å². The zero-order valence-corrected chi connectivity index (χ0v) is 17.8. The number of morpholine rings is 1. The van der Waals surface area contributed by atoms with Gasteiger partial charge in [-0.15, -0.1) is 0 Å². The molecule has 0 atom stereocenters. The lowest BCUT2D eigenvalue weighted by atomic mass is 9.89. The third-order valence-corrected chi connectivity index (χ3v) is 5.44. The Morgan fingerprint density at radius 3 is 2.44 bits per heavy atom. The molecule has 2 aromatic heterocycles. The number of aliphatic carboxylic acids is 1. The van der Waals surface area contributed by atoms with Crippen molar-refractivity contribution in [1.29, 1.82) is 0 Å². The summed E-state index contributed by atoms with van der Waals surface area (Å²) >= 11 is 0. The van der Waals surface area contributed by atoms with Gasteiger partial charge >= 0.3 is 12.1 Å². The molecule has 0 aromatic carbocycles. The highest BCUT2D eigenvalue weighted by Gasteiger charge is 2.43. The molecule has 176 valence electrons. The van der Waals surface area contributed by atoms with Crippen molar-refractivity contribution < 1.29 is 37.0 Å². The van der Waals surface area contributed by atoms with Crippen molar-refractivity contribution in [3.63, 3.8) is 0 Å². The van der Waals surface area contributed by atoms with Crippen LogP contribution in [0.4, 0.5) is 18.9 Å². The lowest BCUT2D eigenvalue weighted by Crippen LogP contribution is -2.58. The molecule has 0 saturated carbocycles. The van der Waals surface area contributed by atoms with Crippen molar-refractivity contribution in [3.05, 3.63) is 36.0 Å². The van der Waals surface area contributed by atoms with E-state index in [2.05, 4.69) is 10.00 Å². The van der Waals surface area contributed by atoms with Gasteiger partial charge in [-0.3, -0.25) is 14.4 Å². The van der Waals surface area contributed by atoms with Gasteiger partial charge in [-0.1, -0.05) is 0 Å². The molecule has 12 heteroatoms. The molecule has 2 aliphatic rings. The zero-order valence-electron chi connectivity index (χ0n) is 17.8. The van der Waals surface area contributed by atoms with E-state index in [-0.39, 0.29) is 18.1 Å². The van der Waals surface area contributed by atoms with Crippen molar-refractivity contribution in [1.82, 2.24) is 14.7 Å². The van der Waals surface area contributed by atoms with Crippen LogP contribution in [0.25, 0.3) is 0 Å². The molecule has 0 bridgehead atoms. The molecule has 2 aliphatic heterocycles. The van der Waals surface area contributed by atoms with Crippen LogP contribution in [-0.2, 0) is 27.9 Å². The Balaban J connectivity index is 0.000000360. The van der Waals surface area contributed by atoms with Crippen molar-refractivity contribution in [2.45, 2.75) is 38.1 Å². The van der Waals surface area contributed by atoms with Crippen LogP contribution in [0.5, 0.6) is 0 Å². The number of carboxylic acids is 1. The average Bonchev–Trinajstić information content (AvgIpc) is 3.33. The van der Waals surface area contributed by atoms with Crippen LogP contribution in [0.15, 0.2) is 28.9 Å². The quantitative estimate of drug-likeness (QED) is 0.754. The Hall–Kier alpha value is -2.86. The number of halogens is 3. The minimum atomic E-state index is -5.08. The van der Waals surface area contributed by atoms with E-state index in [0.29, 0.717) is 6.54 Å². The van der Waals surface area contributed by atoms with Crippen molar-refractivity contribution >= 4 is 17.6 Å². The molecular formula is C20H25F3N4O5. The van der Waals surface area contributed by atoms with Gasteiger partial charge in [0.05, 0.1) is 30.6 Å². The number of ether oxygens (including phenoxy) is 1. The summed E-state index contributed by atoms with van der Waals surface area (Å²) in [5.41, 5.74) is 0.600. The van der Waals surface area contributed by atoms with Gasteiger partial charge in [0.25, 0.3) is 5.91 Å². The topological polar surface area (TPSA) is 101 Å². The van der Waals surface area contributed by atoms with Crippen LogP contribution in [0.2, 0.25) is 0 Å². The number of anilines is 1. The Labute approximate surface area is 182 Å². The lowest BCUT2D eigenvalue weighted by Gasteiger charge is -2.46. The van der Waals surface area contributed by atoms with Crippen molar-refractivity contribution in [3.8, 4) is 0 Å². The number of furan rings is 1. The largest absolute Gasteiger partial charge is 0.490 e. The molecule has 1 amide bonds. The third kappa shape index (κ3) is 5.88. The predicted octanol–water partition coefficient (Wildman–Crippen LogP) is 2.35. The van der Waals surface area contributed by atoms with E-state index < -0.39 is 12.1 Å². The van der Waals surface area contributed by atoms with Crippen LogP contribution in [0.1, 0.15) is 24.4 Å². The number of rotatable bonds is 3. The normalized spacial score (nSPS) is 19.0. The maximum absolute atomic E-state index is 12.3. The van der Waals surface area contributed by atoms with E-state index in [1.54, 1.807) is 10.9 Å². The van der Waals surface area contributed by atoms with Crippen LogP contribution >= 0.6 is 0 Å². The fraction of sp³-hybridized carbons (Fsp3) is 0.550. The molecule has 4 rings (SSSR count). The number of aromatic nitrogens is 2. The molecule has 0 radical (unpaired) electrons. The summed E-state index contributed by atoms with van der Waals surface area (Å²) in [5.74, 6) is -0.797.